The van der Waals surface area contributed by atoms with Crippen molar-refractivity contribution in [3.05, 3.63) is 0 Å². The highest BCUT2D eigenvalue weighted by molar-refractivity contribution is 4.56. The van der Waals surface area contributed by atoms with Gasteiger partial charge in [0.05, 0.1) is 52.9 Å². The fraction of sp³-hybridized carbons (Fsp3) is 1.00. The van der Waals surface area contributed by atoms with Crippen LogP contribution in [0.25, 0.3) is 0 Å². The van der Waals surface area contributed by atoms with E-state index in [0.717, 1.165) is 13.0 Å². The molecule has 22 heavy (non-hydrogen) atoms. The van der Waals surface area contributed by atoms with Gasteiger partial charge in [-0.3, -0.25) is 0 Å². The van der Waals surface area contributed by atoms with E-state index in [1.165, 1.54) is 32.1 Å². The minimum Gasteiger partial charge on any atom is -0.379 e. The molecule has 0 aromatic heterocycles. The fourth-order valence-electron chi connectivity index (χ4n) is 2.27. The summed E-state index contributed by atoms with van der Waals surface area (Å²) in [4.78, 5) is 0. The molecule has 0 aliphatic carbocycles. The lowest BCUT2D eigenvalue weighted by Crippen LogP contribution is -2.29. The summed E-state index contributed by atoms with van der Waals surface area (Å²) < 4.78 is 27.8. The van der Waals surface area contributed by atoms with E-state index in [-0.39, 0.29) is 6.10 Å². The van der Waals surface area contributed by atoms with E-state index in [9.17, 15) is 0 Å². The molecule has 132 valence electrons. The lowest BCUT2D eigenvalue weighted by molar-refractivity contribution is -0.0903. The molecule has 1 unspecified atom stereocenters. The second-order valence-corrected chi connectivity index (χ2v) is 5.64. The van der Waals surface area contributed by atoms with Crippen LogP contribution in [0, 0.1) is 0 Å². The Balaban J connectivity index is 2.02. The van der Waals surface area contributed by atoms with Gasteiger partial charge in [0, 0.05) is 6.61 Å². The van der Waals surface area contributed by atoms with Crippen LogP contribution in [0.5, 0.6) is 0 Å². The van der Waals surface area contributed by atoms with Gasteiger partial charge in [0.25, 0.3) is 0 Å². The van der Waals surface area contributed by atoms with E-state index in [4.69, 9.17) is 23.7 Å². The highest BCUT2D eigenvalue weighted by Crippen LogP contribution is 2.05. The van der Waals surface area contributed by atoms with Gasteiger partial charge >= 0.3 is 0 Å². The Kier molecular flexibility index (Phi) is 14.2. The Morgan fingerprint density at radius 3 is 2.18 bits per heavy atom. The van der Waals surface area contributed by atoms with Gasteiger partial charge in [-0.1, -0.05) is 39.0 Å². The van der Waals surface area contributed by atoms with Gasteiger partial charge in [0.2, 0.25) is 0 Å². The van der Waals surface area contributed by atoms with Gasteiger partial charge < -0.3 is 23.7 Å². The monoisotopic (exact) mass is 318 g/mol. The van der Waals surface area contributed by atoms with Crippen LogP contribution in [-0.4, -0.2) is 65.6 Å². The molecule has 0 aromatic rings. The molecule has 5 nitrogen and oxygen atoms in total. The standard InChI is InChI=1S/C17H34O5/c1-2-3-4-5-6-7-8-20-15-17-16-21-12-11-18-9-10-19-13-14-22-17/h17H,2-16H2,1H3. The average Bonchev–Trinajstić information content (AvgIpc) is 2.52. The second kappa shape index (κ2) is 15.7. The average molecular weight is 318 g/mol. The van der Waals surface area contributed by atoms with Crippen molar-refractivity contribution in [1.29, 1.82) is 0 Å². The Morgan fingerprint density at radius 1 is 0.773 bits per heavy atom. The first-order valence-corrected chi connectivity index (χ1v) is 8.86. The van der Waals surface area contributed by atoms with Crippen molar-refractivity contribution in [1.82, 2.24) is 0 Å². The zero-order valence-electron chi connectivity index (χ0n) is 14.2. The zero-order valence-corrected chi connectivity index (χ0v) is 14.2. The summed E-state index contributed by atoms with van der Waals surface area (Å²) in [5.74, 6) is 0. The minimum absolute atomic E-state index is 0.0110. The molecular weight excluding hydrogens is 284 g/mol. The summed E-state index contributed by atoms with van der Waals surface area (Å²) in [6.07, 6.45) is 7.68. The number of unbranched alkanes of at least 4 members (excludes halogenated alkanes) is 5. The van der Waals surface area contributed by atoms with Gasteiger partial charge in [0.15, 0.2) is 0 Å². The van der Waals surface area contributed by atoms with Crippen molar-refractivity contribution in [3.63, 3.8) is 0 Å². The Labute approximate surface area is 135 Å². The number of hydrogen-bond donors (Lipinski definition) is 0. The molecule has 1 atom stereocenters. The molecule has 0 spiro atoms. The molecule has 0 N–H and O–H groups in total. The molecule has 0 amide bonds. The molecule has 1 rings (SSSR count). The zero-order chi connectivity index (χ0) is 15.7. The van der Waals surface area contributed by atoms with E-state index >= 15 is 0 Å². The Bertz CT molecular complexity index is 213. The SMILES string of the molecule is CCCCCCCCOCC1COCCOCCOCCO1. The molecule has 1 saturated heterocycles. The maximum atomic E-state index is 5.76. The summed E-state index contributed by atoms with van der Waals surface area (Å²) in [7, 11) is 0. The smallest absolute Gasteiger partial charge is 0.104 e. The molecule has 5 heteroatoms. The van der Waals surface area contributed by atoms with Crippen molar-refractivity contribution in [2.75, 3.05) is 59.5 Å². The van der Waals surface area contributed by atoms with E-state index in [0.29, 0.717) is 52.9 Å². The molecule has 1 aliphatic rings. The third-order valence-corrected chi connectivity index (χ3v) is 3.57. The maximum absolute atomic E-state index is 5.76. The first-order valence-electron chi connectivity index (χ1n) is 8.86. The predicted octanol–water partition coefficient (Wildman–Crippen LogP) is 2.81. The first-order chi connectivity index (χ1) is 10.9. The second-order valence-electron chi connectivity index (χ2n) is 5.64. The van der Waals surface area contributed by atoms with Crippen LogP contribution < -0.4 is 0 Å². The molecule has 0 radical (unpaired) electrons. The van der Waals surface area contributed by atoms with Crippen LogP contribution in [0.3, 0.4) is 0 Å². The normalized spacial score (nSPS) is 22.0. The van der Waals surface area contributed by atoms with Crippen molar-refractivity contribution in [2.45, 2.75) is 51.6 Å². The van der Waals surface area contributed by atoms with Crippen molar-refractivity contribution in [3.8, 4) is 0 Å². The highest BCUT2D eigenvalue weighted by Gasteiger charge is 2.10. The summed E-state index contributed by atoms with van der Waals surface area (Å²) in [5.41, 5.74) is 0. The van der Waals surface area contributed by atoms with Crippen LogP contribution >= 0.6 is 0 Å². The van der Waals surface area contributed by atoms with Crippen LogP contribution in [0.1, 0.15) is 45.4 Å². The van der Waals surface area contributed by atoms with E-state index in [2.05, 4.69) is 6.92 Å². The third kappa shape index (κ3) is 12.4. The Morgan fingerprint density at radius 2 is 1.41 bits per heavy atom. The first kappa shape index (κ1) is 19.8. The molecule has 1 fully saturated rings. The lowest BCUT2D eigenvalue weighted by Gasteiger charge is -2.19. The summed E-state index contributed by atoms with van der Waals surface area (Å²) >= 11 is 0. The molecule has 0 saturated carbocycles. The highest BCUT2D eigenvalue weighted by atomic mass is 16.6. The fourth-order valence-corrected chi connectivity index (χ4v) is 2.27. The Hall–Kier alpha value is -0.200. The van der Waals surface area contributed by atoms with Gasteiger partial charge in [-0.2, -0.15) is 0 Å². The van der Waals surface area contributed by atoms with E-state index < -0.39 is 0 Å². The van der Waals surface area contributed by atoms with Crippen molar-refractivity contribution in [2.24, 2.45) is 0 Å². The largest absolute Gasteiger partial charge is 0.379 e. The number of rotatable bonds is 9. The topological polar surface area (TPSA) is 46.2 Å². The summed E-state index contributed by atoms with van der Waals surface area (Å²) in [6.45, 7) is 7.81. The van der Waals surface area contributed by atoms with Gasteiger partial charge in [-0.15, -0.1) is 0 Å². The van der Waals surface area contributed by atoms with Crippen LogP contribution in [0.4, 0.5) is 0 Å². The maximum Gasteiger partial charge on any atom is 0.104 e. The number of ether oxygens (including phenoxy) is 5. The molecular formula is C17H34O5. The molecule has 0 aromatic carbocycles. The van der Waals surface area contributed by atoms with Crippen molar-refractivity contribution < 1.29 is 23.7 Å². The lowest BCUT2D eigenvalue weighted by atomic mass is 10.1. The quantitative estimate of drug-likeness (QED) is 0.612. The summed E-state index contributed by atoms with van der Waals surface area (Å²) in [6, 6.07) is 0. The van der Waals surface area contributed by atoms with E-state index in [1.54, 1.807) is 0 Å². The predicted molar refractivity (Wildman–Crippen MR) is 86.4 cm³/mol. The van der Waals surface area contributed by atoms with Crippen LogP contribution in [0.2, 0.25) is 0 Å². The third-order valence-electron chi connectivity index (χ3n) is 3.57. The van der Waals surface area contributed by atoms with E-state index in [1.807, 2.05) is 0 Å². The minimum atomic E-state index is -0.0110. The van der Waals surface area contributed by atoms with Gasteiger partial charge in [-0.05, 0) is 6.42 Å². The molecule has 1 heterocycles. The van der Waals surface area contributed by atoms with Crippen LogP contribution in [-0.2, 0) is 23.7 Å². The number of hydrogen-bond acceptors (Lipinski definition) is 5. The molecule has 0 bridgehead atoms. The molecule has 1 aliphatic heterocycles. The van der Waals surface area contributed by atoms with Crippen LogP contribution in [0.15, 0.2) is 0 Å². The van der Waals surface area contributed by atoms with Gasteiger partial charge in [0.1, 0.15) is 6.10 Å². The van der Waals surface area contributed by atoms with Crippen molar-refractivity contribution >= 4 is 0 Å². The summed E-state index contributed by atoms with van der Waals surface area (Å²) in [5, 5.41) is 0. The van der Waals surface area contributed by atoms with Gasteiger partial charge in [-0.25, -0.2) is 0 Å².